The molecule has 0 bridgehead atoms. The smallest absolute Gasteiger partial charge is 0.227 e. The van der Waals surface area contributed by atoms with Gasteiger partial charge in [0.05, 0.1) is 5.69 Å². The minimum Gasteiger partial charge on any atom is -0.324 e. The second-order valence-corrected chi connectivity index (χ2v) is 7.03. The van der Waals surface area contributed by atoms with Crippen molar-refractivity contribution in [3.63, 3.8) is 0 Å². The van der Waals surface area contributed by atoms with E-state index in [0.29, 0.717) is 12.0 Å². The third-order valence-electron chi connectivity index (χ3n) is 4.99. The molecular formula is C19H25N5. The van der Waals surface area contributed by atoms with Gasteiger partial charge in [0, 0.05) is 49.5 Å². The maximum absolute atomic E-state index is 4.76. The Morgan fingerprint density at radius 1 is 1.21 bits per heavy atom. The molecule has 126 valence electrons. The average Bonchev–Trinajstić information content (AvgIpc) is 3.08. The van der Waals surface area contributed by atoms with Crippen molar-refractivity contribution in [3.05, 3.63) is 46.8 Å². The van der Waals surface area contributed by atoms with Gasteiger partial charge in [-0.2, -0.15) is 0 Å². The summed E-state index contributed by atoms with van der Waals surface area (Å²) in [6, 6.07) is 7.10. The van der Waals surface area contributed by atoms with Gasteiger partial charge in [0.25, 0.3) is 0 Å². The SMILES string of the molecule is Cc1cc(C)cc(Nc2ncc3c(n2)CCN(C2CCNC2)C3)c1. The lowest BCUT2D eigenvalue weighted by atomic mass is 10.0. The molecule has 5 heteroatoms. The molecular weight excluding hydrogens is 298 g/mol. The highest BCUT2D eigenvalue weighted by Crippen LogP contribution is 2.23. The fraction of sp³-hybridized carbons (Fsp3) is 0.474. The van der Waals surface area contributed by atoms with E-state index in [1.54, 1.807) is 0 Å². The lowest BCUT2D eigenvalue weighted by Gasteiger charge is -2.32. The van der Waals surface area contributed by atoms with Crippen LogP contribution in [0.1, 0.15) is 28.8 Å². The first-order chi connectivity index (χ1) is 11.7. The molecule has 2 aliphatic heterocycles. The Morgan fingerprint density at radius 2 is 2.04 bits per heavy atom. The van der Waals surface area contributed by atoms with Crippen molar-refractivity contribution in [2.24, 2.45) is 0 Å². The fourth-order valence-electron chi connectivity index (χ4n) is 3.84. The second kappa shape index (κ2) is 6.49. The van der Waals surface area contributed by atoms with Gasteiger partial charge in [0.2, 0.25) is 5.95 Å². The molecule has 2 N–H and O–H groups in total. The van der Waals surface area contributed by atoms with Crippen LogP contribution in [0.3, 0.4) is 0 Å². The zero-order chi connectivity index (χ0) is 16.5. The fourth-order valence-corrected chi connectivity index (χ4v) is 3.84. The molecule has 0 aliphatic carbocycles. The molecule has 4 rings (SSSR count). The first kappa shape index (κ1) is 15.5. The molecule has 1 aromatic heterocycles. The van der Waals surface area contributed by atoms with Crippen molar-refractivity contribution < 1.29 is 0 Å². The minimum absolute atomic E-state index is 0.672. The monoisotopic (exact) mass is 323 g/mol. The molecule has 1 saturated heterocycles. The van der Waals surface area contributed by atoms with Gasteiger partial charge < -0.3 is 10.6 Å². The van der Waals surface area contributed by atoms with E-state index in [1.165, 1.54) is 28.8 Å². The van der Waals surface area contributed by atoms with Gasteiger partial charge in [-0.15, -0.1) is 0 Å². The Morgan fingerprint density at radius 3 is 2.79 bits per heavy atom. The van der Waals surface area contributed by atoms with Crippen LogP contribution in [0.2, 0.25) is 0 Å². The van der Waals surface area contributed by atoms with Crippen molar-refractivity contribution in [2.45, 2.75) is 39.3 Å². The Balaban J connectivity index is 1.50. The summed E-state index contributed by atoms with van der Waals surface area (Å²) < 4.78 is 0. The molecule has 0 saturated carbocycles. The number of hydrogen-bond acceptors (Lipinski definition) is 5. The van der Waals surface area contributed by atoms with E-state index in [4.69, 9.17) is 4.98 Å². The normalized spacial score (nSPS) is 20.8. The van der Waals surface area contributed by atoms with Gasteiger partial charge in [-0.1, -0.05) is 6.07 Å². The second-order valence-electron chi connectivity index (χ2n) is 7.03. The summed E-state index contributed by atoms with van der Waals surface area (Å²) >= 11 is 0. The van der Waals surface area contributed by atoms with E-state index in [9.17, 15) is 0 Å². The summed E-state index contributed by atoms with van der Waals surface area (Å²) in [5.41, 5.74) is 6.02. The van der Waals surface area contributed by atoms with E-state index in [2.05, 4.69) is 52.6 Å². The molecule has 24 heavy (non-hydrogen) atoms. The van der Waals surface area contributed by atoms with Gasteiger partial charge in [0.1, 0.15) is 0 Å². The standard InChI is InChI=1S/C19H25N5/c1-13-7-14(2)9-16(8-13)22-19-21-10-15-12-24(6-4-18(15)23-19)17-3-5-20-11-17/h7-10,17,20H,3-6,11-12H2,1-2H3,(H,21,22,23). The molecule has 1 unspecified atom stereocenters. The zero-order valence-corrected chi connectivity index (χ0v) is 14.5. The highest BCUT2D eigenvalue weighted by Gasteiger charge is 2.26. The quantitative estimate of drug-likeness (QED) is 0.909. The topological polar surface area (TPSA) is 53.1 Å². The molecule has 0 radical (unpaired) electrons. The van der Waals surface area contributed by atoms with Crippen LogP contribution >= 0.6 is 0 Å². The molecule has 2 aliphatic rings. The van der Waals surface area contributed by atoms with Crippen molar-refractivity contribution in [1.29, 1.82) is 0 Å². The summed E-state index contributed by atoms with van der Waals surface area (Å²) in [5.74, 6) is 0.703. The number of nitrogens with zero attached hydrogens (tertiary/aromatic N) is 3. The Bertz CT molecular complexity index is 716. The van der Waals surface area contributed by atoms with Gasteiger partial charge in [0.15, 0.2) is 0 Å². The van der Waals surface area contributed by atoms with Crippen molar-refractivity contribution >= 4 is 11.6 Å². The Kier molecular flexibility index (Phi) is 4.21. The number of benzene rings is 1. The van der Waals surface area contributed by atoms with E-state index >= 15 is 0 Å². The van der Waals surface area contributed by atoms with Crippen molar-refractivity contribution in [1.82, 2.24) is 20.2 Å². The number of anilines is 2. The maximum Gasteiger partial charge on any atom is 0.227 e. The molecule has 0 amide bonds. The summed E-state index contributed by atoms with van der Waals surface area (Å²) in [5, 5.41) is 6.81. The van der Waals surface area contributed by atoms with E-state index in [1.807, 2.05) is 6.20 Å². The lowest BCUT2D eigenvalue weighted by molar-refractivity contribution is 0.188. The van der Waals surface area contributed by atoms with Crippen LogP contribution < -0.4 is 10.6 Å². The van der Waals surface area contributed by atoms with Gasteiger partial charge in [-0.05, 0) is 50.1 Å². The Hall–Kier alpha value is -1.98. The largest absolute Gasteiger partial charge is 0.324 e. The van der Waals surface area contributed by atoms with E-state index in [0.717, 1.165) is 38.3 Å². The van der Waals surface area contributed by atoms with Gasteiger partial charge >= 0.3 is 0 Å². The van der Waals surface area contributed by atoms with E-state index in [-0.39, 0.29) is 0 Å². The van der Waals surface area contributed by atoms with Gasteiger partial charge in [-0.3, -0.25) is 4.90 Å². The molecule has 5 nitrogen and oxygen atoms in total. The minimum atomic E-state index is 0.672. The highest BCUT2D eigenvalue weighted by molar-refractivity contribution is 5.56. The molecule has 1 fully saturated rings. The maximum atomic E-state index is 4.76. The lowest BCUT2D eigenvalue weighted by Crippen LogP contribution is -2.40. The highest BCUT2D eigenvalue weighted by atomic mass is 15.2. The first-order valence-electron chi connectivity index (χ1n) is 8.82. The Labute approximate surface area is 143 Å². The summed E-state index contributed by atoms with van der Waals surface area (Å²) in [6.07, 6.45) is 4.26. The van der Waals surface area contributed by atoms with Crippen LogP contribution in [0.25, 0.3) is 0 Å². The van der Waals surface area contributed by atoms with E-state index < -0.39 is 0 Å². The summed E-state index contributed by atoms with van der Waals surface area (Å²) in [7, 11) is 0. The predicted molar refractivity (Wildman–Crippen MR) is 96.6 cm³/mol. The number of aryl methyl sites for hydroxylation is 2. The van der Waals surface area contributed by atoms with Gasteiger partial charge in [-0.25, -0.2) is 9.97 Å². The van der Waals surface area contributed by atoms with Crippen molar-refractivity contribution in [2.75, 3.05) is 25.0 Å². The molecule has 1 aromatic carbocycles. The summed E-state index contributed by atoms with van der Waals surface area (Å²) in [6.45, 7) is 8.55. The van der Waals surface area contributed by atoms with Crippen LogP contribution in [0.5, 0.6) is 0 Å². The van der Waals surface area contributed by atoms with Crippen LogP contribution in [-0.4, -0.2) is 40.5 Å². The molecule has 3 heterocycles. The number of hydrogen-bond donors (Lipinski definition) is 2. The van der Waals surface area contributed by atoms with Crippen LogP contribution in [-0.2, 0) is 13.0 Å². The number of rotatable bonds is 3. The van der Waals surface area contributed by atoms with Crippen LogP contribution in [0.4, 0.5) is 11.6 Å². The van der Waals surface area contributed by atoms with Crippen LogP contribution in [0.15, 0.2) is 24.4 Å². The average molecular weight is 323 g/mol. The molecule has 0 spiro atoms. The molecule has 1 atom stereocenters. The number of aromatic nitrogens is 2. The van der Waals surface area contributed by atoms with Crippen LogP contribution in [0, 0.1) is 13.8 Å². The number of nitrogens with one attached hydrogen (secondary N) is 2. The third-order valence-corrected chi connectivity index (χ3v) is 4.99. The molecule has 2 aromatic rings. The predicted octanol–water partition coefficient (Wildman–Crippen LogP) is 2.56. The third kappa shape index (κ3) is 3.28. The summed E-state index contributed by atoms with van der Waals surface area (Å²) in [4.78, 5) is 11.9. The first-order valence-corrected chi connectivity index (χ1v) is 8.82. The number of fused-ring (bicyclic) bond motifs is 1. The zero-order valence-electron chi connectivity index (χ0n) is 14.5. The van der Waals surface area contributed by atoms with Crippen molar-refractivity contribution in [3.8, 4) is 0 Å².